The number of carbonyl (C=O) groups is 3. The zero-order chi connectivity index (χ0) is 24.4. The molecule has 2 aromatic carbocycles. The number of rotatable bonds is 6. The number of fused-ring (bicyclic) bond motifs is 1. The monoisotopic (exact) mass is 444 g/mol. The molecule has 1 saturated heterocycles. The summed E-state index contributed by atoms with van der Waals surface area (Å²) in [6, 6.07) is 14.5. The van der Waals surface area contributed by atoms with Crippen LogP contribution in [0, 0.1) is 0 Å². The van der Waals surface area contributed by atoms with Crippen LogP contribution in [0.4, 0.5) is 0 Å². The fraction of sp³-hybridized carbons (Fsp3) is 0.500. The minimum absolute atomic E-state index is 0.00819. The lowest BCUT2D eigenvalue weighted by Gasteiger charge is -2.15. The van der Waals surface area contributed by atoms with Gasteiger partial charge in [0.2, 0.25) is 5.91 Å². The van der Waals surface area contributed by atoms with Crippen molar-refractivity contribution in [2.75, 3.05) is 26.2 Å². The van der Waals surface area contributed by atoms with Crippen LogP contribution in [0.25, 0.3) is 10.8 Å². The molecule has 32 heavy (non-hydrogen) atoms. The van der Waals surface area contributed by atoms with Crippen LogP contribution in [0.15, 0.2) is 42.5 Å². The smallest absolute Gasteiger partial charge is 0.320 e. The molecule has 0 unspecified atom stereocenters. The van der Waals surface area contributed by atoms with Gasteiger partial charge >= 0.3 is 5.97 Å². The van der Waals surface area contributed by atoms with Crippen molar-refractivity contribution in [2.45, 2.75) is 60.0 Å². The van der Waals surface area contributed by atoms with Gasteiger partial charge in [-0.3, -0.25) is 9.59 Å². The van der Waals surface area contributed by atoms with E-state index in [1.54, 1.807) is 0 Å². The van der Waals surface area contributed by atoms with Crippen LogP contribution < -0.4 is 5.32 Å². The van der Waals surface area contributed by atoms with Crippen molar-refractivity contribution in [2.24, 2.45) is 0 Å². The average molecular weight is 445 g/mol. The minimum Gasteiger partial charge on any atom is -0.462 e. The molecule has 6 nitrogen and oxygen atoms in total. The quantitative estimate of drug-likeness (QED) is 0.669. The summed E-state index contributed by atoms with van der Waals surface area (Å²) in [7, 11) is 0. The maximum absolute atomic E-state index is 12.2. The number of amides is 1. The Bertz CT molecular complexity index is 781. The summed E-state index contributed by atoms with van der Waals surface area (Å²) in [6.45, 7) is 14.6. The van der Waals surface area contributed by atoms with Crippen LogP contribution >= 0.6 is 0 Å². The Labute approximate surface area is 193 Å². The first kappa shape index (κ1) is 29.3. The largest absolute Gasteiger partial charge is 0.462 e. The fourth-order valence-electron chi connectivity index (χ4n) is 3.22. The molecule has 0 radical (unpaired) electrons. The van der Waals surface area contributed by atoms with Crippen molar-refractivity contribution in [3.8, 4) is 0 Å². The van der Waals surface area contributed by atoms with E-state index in [1.165, 1.54) is 10.8 Å². The normalized spacial score (nSPS) is 12.0. The van der Waals surface area contributed by atoms with Crippen molar-refractivity contribution in [1.29, 1.82) is 0 Å². The standard InChI is InChI=1S/C16H17NO.C7H15NO2.C2H6.CH2O/c18-16(17-10-3-4-11-17)12-14-8-5-7-13-6-1-2-9-15(13)14;1-4-8-5-7(9)10-6(2)3;2*1-2/h1-2,5-9H,3-4,10-12H2;6,8H,4-5H2,1-3H3;1-2H3;1H2. The number of ether oxygens (including phenoxy) is 1. The van der Waals surface area contributed by atoms with Gasteiger partial charge in [-0.05, 0) is 49.6 Å². The maximum atomic E-state index is 12.2. The van der Waals surface area contributed by atoms with Gasteiger partial charge in [0.15, 0.2) is 0 Å². The molecule has 178 valence electrons. The van der Waals surface area contributed by atoms with Crippen molar-refractivity contribution in [3.63, 3.8) is 0 Å². The molecule has 0 saturated carbocycles. The molecule has 0 atom stereocenters. The molecule has 1 aliphatic heterocycles. The minimum atomic E-state index is -0.183. The lowest BCUT2D eigenvalue weighted by molar-refractivity contribution is -0.146. The third kappa shape index (κ3) is 11.0. The Balaban J connectivity index is 0.000000590. The molecule has 0 aliphatic carbocycles. The van der Waals surface area contributed by atoms with E-state index in [2.05, 4.69) is 29.6 Å². The van der Waals surface area contributed by atoms with E-state index in [1.807, 2.05) is 64.5 Å². The van der Waals surface area contributed by atoms with Crippen LogP contribution in [0.2, 0.25) is 0 Å². The molecule has 1 N–H and O–H groups in total. The van der Waals surface area contributed by atoms with Gasteiger partial charge in [0.05, 0.1) is 19.1 Å². The van der Waals surface area contributed by atoms with Gasteiger partial charge in [-0.25, -0.2) is 0 Å². The molecule has 0 spiro atoms. The van der Waals surface area contributed by atoms with Gasteiger partial charge in [0.1, 0.15) is 6.79 Å². The molecular weight excluding hydrogens is 404 g/mol. The van der Waals surface area contributed by atoms with E-state index in [4.69, 9.17) is 9.53 Å². The Morgan fingerprint density at radius 1 is 1.03 bits per heavy atom. The van der Waals surface area contributed by atoms with E-state index in [-0.39, 0.29) is 18.0 Å². The Hall–Kier alpha value is -2.73. The number of hydrogen-bond acceptors (Lipinski definition) is 5. The van der Waals surface area contributed by atoms with Crippen molar-refractivity contribution in [3.05, 3.63) is 48.0 Å². The molecular formula is C26H40N2O4. The molecule has 1 amide bonds. The first-order valence-corrected chi connectivity index (χ1v) is 11.4. The van der Waals surface area contributed by atoms with Crippen LogP contribution in [0.3, 0.4) is 0 Å². The maximum Gasteiger partial charge on any atom is 0.320 e. The number of esters is 1. The number of hydrogen-bond donors (Lipinski definition) is 1. The number of carbonyl (C=O) groups excluding carboxylic acids is 3. The molecule has 1 aliphatic rings. The predicted octanol–water partition coefficient (Wildman–Crippen LogP) is 4.39. The number of likely N-dealkylation sites (N-methyl/N-ethyl adjacent to an activating group) is 1. The van der Waals surface area contributed by atoms with Gasteiger partial charge in [0, 0.05) is 13.1 Å². The first-order chi connectivity index (χ1) is 15.5. The summed E-state index contributed by atoms with van der Waals surface area (Å²) in [5.41, 5.74) is 1.14. The lowest BCUT2D eigenvalue weighted by atomic mass is 10.0. The second kappa shape index (κ2) is 17.9. The molecule has 3 rings (SSSR count). The van der Waals surface area contributed by atoms with E-state index in [0.717, 1.165) is 38.0 Å². The zero-order valence-corrected chi connectivity index (χ0v) is 20.4. The molecule has 1 heterocycles. The van der Waals surface area contributed by atoms with Crippen molar-refractivity contribution < 1.29 is 19.1 Å². The summed E-state index contributed by atoms with van der Waals surface area (Å²) in [5.74, 6) is 0.0840. The van der Waals surface area contributed by atoms with Gasteiger partial charge in [-0.15, -0.1) is 0 Å². The molecule has 1 fully saturated rings. The highest BCUT2D eigenvalue weighted by Gasteiger charge is 2.18. The summed E-state index contributed by atoms with van der Waals surface area (Å²) in [4.78, 5) is 32.9. The van der Waals surface area contributed by atoms with Crippen LogP contribution in [0.1, 0.15) is 53.0 Å². The summed E-state index contributed by atoms with van der Waals surface area (Å²) in [6.07, 6.45) is 2.83. The topological polar surface area (TPSA) is 75.7 Å². The number of nitrogens with one attached hydrogen (secondary N) is 1. The second-order valence-electron chi connectivity index (χ2n) is 7.22. The summed E-state index contributed by atoms with van der Waals surface area (Å²) in [5, 5.41) is 5.29. The van der Waals surface area contributed by atoms with Gasteiger partial charge in [-0.2, -0.15) is 0 Å². The molecule has 6 heteroatoms. The SMILES string of the molecule is C=O.CC.CCNCC(=O)OC(C)C.O=C(Cc1cccc2ccccc12)N1CCCC1. The van der Waals surface area contributed by atoms with E-state index in [9.17, 15) is 9.59 Å². The fourth-order valence-corrected chi connectivity index (χ4v) is 3.22. The summed E-state index contributed by atoms with van der Waals surface area (Å²) >= 11 is 0. The summed E-state index contributed by atoms with van der Waals surface area (Å²) < 4.78 is 4.85. The molecule has 0 aromatic heterocycles. The third-order valence-corrected chi connectivity index (χ3v) is 4.57. The van der Waals surface area contributed by atoms with E-state index in [0.29, 0.717) is 13.0 Å². The second-order valence-corrected chi connectivity index (χ2v) is 7.22. The predicted molar refractivity (Wildman–Crippen MR) is 132 cm³/mol. The van der Waals surface area contributed by atoms with Crippen molar-refractivity contribution in [1.82, 2.24) is 10.2 Å². The highest BCUT2D eigenvalue weighted by molar-refractivity contribution is 5.90. The average Bonchev–Trinajstić information content (AvgIpc) is 3.36. The molecule has 0 bridgehead atoms. The first-order valence-electron chi connectivity index (χ1n) is 11.4. The van der Waals surface area contributed by atoms with E-state index < -0.39 is 0 Å². The van der Waals surface area contributed by atoms with Crippen molar-refractivity contribution >= 4 is 29.4 Å². The Morgan fingerprint density at radius 2 is 1.62 bits per heavy atom. The molecule has 2 aromatic rings. The number of likely N-dealkylation sites (tertiary alicyclic amines) is 1. The third-order valence-electron chi connectivity index (χ3n) is 4.57. The Morgan fingerprint density at radius 3 is 2.22 bits per heavy atom. The highest BCUT2D eigenvalue weighted by Crippen LogP contribution is 2.20. The van der Waals surface area contributed by atoms with E-state index >= 15 is 0 Å². The van der Waals surface area contributed by atoms with Gasteiger partial charge < -0.3 is 19.7 Å². The lowest BCUT2D eigenvalue weighted by Crippen LogP contribution is -2.29. The zero-order valence-electron chi connectivity index (χ0n) is 20.4. The highest BCUT2D eigenvalue weighted by atomic mass is 16.5. The number of nitrogens with zero attached hydrogens (tertiary/aromatic N) is 1. The number of benzene rings is 2. The Kier molecular flexibility index (Phi) is 16.4. The van der Waals surface area contributed by atoms with Crippen LogP contribution in [0.5, 0.6) is 0 Å². The van der Waals surface area contributed by atoms with Gasteiger partial charge in [0.25, 0.3) is 0 Å². The van der Waals surface area contributed by atoms with Crippen LogP contribution in [-0.2, 0) is 25.5 Å². The van der Waals surface area contributed by atoms with Crippen LogP contribution in [-0.4, -0.2) is 55.8 Å². The van der Waals surface area contributed by atoms with Gasteiger partial charge in [-0.1, -0.05) is 63.2 Å².